The van der Waals surface area contributed by atoms with Crippen molar-refractivity contribution in [3.8, 4) is 17.2 Å². The number of methoxy groups -OCH3 is 3. The van der Waals surface area contributed by atoms with E-state index >= 15 is 0 Å². The molecule has 4 heteroatoms. The number of benzene rings is 1. The van der Waals surface area contributed by atoms with E-state index in [2.05, 4.69) is 6.92 Å². The zero-order chi connectivity index (χ0) is 14.3. The molecule has 2 N–H and O–H groups in total. The second-order valence-electron chi connectivity index (χ2n) is 4.55. The molecule has 1 rings (SSSR count). The maximum atomic E-state index is 6.25. The van der Waals surface area contributed by atoms with Crippen molar-refractivity contribution >= 4 is 0 Å². The molecular weight excluding hydrogens is 242 g/mol. The third-order valence-electron chi connectivity index (χ3n) is 3.25. The minimum Gasteiger partial charge on any atom is -0.496 e. The van der Waals surface area contributed by atoms with Gasteiger partial charge in [-0.3, -0.25) is 0 Å². The maximum absolute atomic E-state index is 6.25. The van der Waals surface area contributed by atoms with Gasteiger partial charge in [0.15, 0.2) is 11.5 Å². The first-order chi connectivity index (χ1) is 9.17. The van der Waals surface area contributed by atoms with Gasteiger partial charge in [-0.05, 0) is 12.5 Å². The van der Waals surface area contributed by atoms with Crippen LogP contribution >= 0.6 is 0 Å². The van der Waals surface area contributed by atoms with E-state index in [1.54, 1.807) is 21.3 Å². The molecule has 19 heavy (non-hydrogen) atoms. The van der Waals surface area contributed by atoms with Gasteiger partial charge >= 0.3 is 0 Å². The van der Waals surface area contributed by atoms with Gasteiger partial charge in [0, 0.05) is 17.7 Å². The lowest BCUT2D eigenvalue weighted by atomic mass is 9.99. The van der Waals surface area contributed by atoms with Crippen LogP contribution < -0.4 is 19.9 Å². The molecule has 0 saturated carbocycles. The molecule has 0 bridgehead atoms. The molecule has 0 heterocycles. The van der Waals surface area contributed by atoms with Gasteiger partial charge in [-0.25, -0.2) is 0 Å². The average molecular weight is 267 g/mol. The minimum absolute atomic E-state index is 0.0405. The molecule has 0 fully saturated rings. The molecule has 0 aliphatic carbocycles. The molecule has 4 nitrogen and oxygen atoms in total. The van der Waals surface area contributed by atoms with Crippen molar-refractivity contribution in [3.63, 3.8) is 0 Å². The zero-order valence-electron chi connectivity index (χ0n) is 12.4. The Balaban J connectivity index is 2.97. The summed E-state index contributed by atoms with van der Waals surface area (Å²) in [4.78, 5) is 0. The quantitative estimate of drug-likeness (QED) is 0.734. The first-order valence-electron chi connectivity index (χ1n) is 6.73. The van der Waals surface area contributed by atoms with E-state index in [0.29, 0.717) is 11.5 Å². The van der Waals surface area contributed by atoms with Gasteiger partial charge in [-0.1, -0.05) is 26.2 Å². The average Bonchev–Trinajstić information content (AvgIpc) is 2.45. The smallest absolute Gasteiger partial charge is 0.164 e. The third-order valence-corrected chi connectivity index (χ3v) is 3.25. The molecule has 0 saturated heterocycles. The highest BCUT2D eigenvalue weighted by Crippen LogP contribution is 2.37. The Morgan fingerprint density at radius 1 is 0.947 bits per heavy atom. The van der Waals surface area contributed by atoms with E-state index in [0.717, 1.165) is 24.2 Å². The Morgan fingerprint density at radius 3 is 2.05 bits per heavy atom. The molecule has 108 valence electrons. The summed E-state index contributed by atoms with van der Waals surface area (Å²) in [5.74, 6) is 2.09. The van der Waals surface area contributed by atoms with Crippen molar-refractivity contribution in [2.24, 2.45) is 5.73 Å². The van der Waals surface area contributed by atoms with Crippen LogP contribution in [0, 0.1) is 0 Å². The summed E-state index contributed by atoms with van der Waals surface area (Å²) < 4.78 is 16.0. The van der Waals surface area contributed by atoms with Crippen molar-refractivity contribution in [3.05, 3.63) is 17.7 Å². The summed E-state index contributed by atoms with van der Waals surface area (Å²) in [7, 11) is 4.87. The van der Waals surface area contributed by atoms with Crippen LogP contribution in [-0.2, 0) is 0 Å². The number of unbranched alkanes of at least 4 members (excludes halogenated alkanes) is 2. The Bertz CT molecular complexity index is 393. The molecule has 0 radical (unpaired) electrons. The lowest BCUT2D eigenvalue weighted by molar-refractivity contribution is 0.346. The van der Waals surface area contributed by atoms with Gasteiger partial charge in [0.25, 0.3) is 0 Å². The van der Waals surface area contributed by atoms with Gasteiger partial charge in [0.05, 0.1) is 21.3 Å². The molecule has 0 aliphatic rings. The third kappa shape index (κ3) is 4.03. The van der Waals surface area contributed by atoms with Crippen LogP contribution in [0.25, 0.3) is 0 Å². The van der Waals surface area contributed by atoms with Crippen LogP contribution in [0.5, 0.6) is 17.2 Å². The molecule has 1 aromatic rings. The largest absolute Gasteiger partial charge is 0.496 e. The van der Waals surface area contributed by atoms with Crippen molar-refractivity contribution in [2.75, 3.05) is 21.3 Å². The summed E-state index contributed by atoms with van der Waals surface area (Å²) >= 11 is 0. The zero-order valence-corrected chi connectivity index (χ0v) is 12.4. The van der Waals surface area contributed by atoms with Crippen molar-refractivity contribution in [1.82, 2.24) is 0 Å². The Labute approximate surface area is 115 Å². The summed E-state index contributed by atoms with van der Waals surface area (Å²) in [6.07, 6.45) is 4.45. The van der Waals surface area contributed by atoms with Crippen molar-refractivity contribution in [1.29, 1.82) is 0 Å². The fraction of sp³-hybridized carbons (Fsp3) is 0.600. The number of nitrogens with two attached hydrogens (primary N) is 1. The van der Waals surface area contributed by atoms with Crippen molar-refractivity contribution < 1.29 is 14.2 Å². The lowest BCUT2D eigenvalue weighted by Gasteiger charge is -2.18. The highest BCUT2D eigenvalue weighted by Gasteiger charge is 2.16. The Morgan fingerprint density at radius 2 is 1.53 bits per heavy atom. The van der Waals surface area contributed by atoms with Gasteiger partial charge in [0.2, 0.25) is 0 Å². The first kappa shape index (κ1) is 15.6. The van der Waals surface area contributed by atoms with Crippen molar-refractivity contribution in [2.45, 2.75) is 38.6 Å². The van der Waals surface area contributed by atoms with Gasteiger partial charge in [0.1, 0.15) is 5.75 Å². The van der Waals surface area contributed by atoms with Gasteiger partial charge < -0.3 is 19.9 Å². The monoisotopic (exact) mass is 267 g/mol. The standard InChI is InChI=1S/C15H25NO3/c1-5-6-7-8-12(16)11-9-14(18-3)15(19-4)10-13(11)17-2/h9-10,12H,5-8,16H2,1-4H3/t12-/m0/s1. The van der Waals surface area contributed by atoms with Crippen LogP contribution in [0.2, 0.25) is 0 Å². The molecule has 0 aromatic heterocycles. The van der Waals surface area contributed by atoms with E-state index in [9.17, 15) is 0 Å². The van der Waals surface area contributed by atoms with Crippen LogP contribution in [-0.4, -0.2) is 21.3 Å². The van der Waals surface area contributed by atoms with Gasteiger partial charge in [-0.15, -0.1) is 0 Å². The topological polar surface area (TPSA) is 53.7 Å². The fourth-order valence-corrected chi connectivity index (χ4v) is 2.11. The van der Waals surface area contributed by atoms with E-state index in [1.807, 2.05) is 12.1 Å². The Kier molecular flexibility index (Phi) is 6.50. The predicted octanol–water partition coefficient (Wildman–Crippen LogP) is 3.29. The van der Waals surface area contributed by atoms with E-state index in [-0.39, 0.29) is 6.04 Å². The SMILES string of the molecule is CCCCC[C@H](N)c1cc(OC)c(OC)cc1OC. The number of hydrogen-bond acceptors (Lipinski definition) is 4. The van der Waals surface area contributed by atoms with Crippen LogP contribution in [0.4, 0.5) is 0 Å². The van der Waals surface area contributed by atoms with E-state index in [1.165, 1.54) is 12.8 Å². The maximum Gasteiger partial charge on any atom is 0.164 e. The second-order valence-corrected chi connectivity index (χ2v) is 4.55. The summed E-state index contributed by atoms with van der Waals surface area (Å²) in [6, 6.07) is 3.70. The Hall–Kier alpha value is -1.42. The number of rotatable bonds is 8. The molecule has 1 atom stereocenters. The molecule has 1 aromatic carbocycles. The molecule has 0 amide bonds. The van der Waals surface area contributed by atoms with E-state index in [4.69, 9.17) is 19.9 Å². The van der Waals surface area contributed by atoms with E-state index < -0.39 is 0 Å². The predicted molar refractivity (Wildman–Crippen MR) is 77.2 cm³/mol. The number of hydrogen-bond donors (Lipinski definition) is 1. The normalized spacial score (nSPS) is 12.1. The highest BCUT2D eigenvalue weighted by molar-refractivity contribution is 5.51. The second kappa shape index (κ2) is 7.89. The summed E-state index contributed by atoms with van der Waals surface area (Å²) in [5.41, 5.74) is 7.22. The summed E-state index contributed by atoms with van der Waals surface area (Å²) in [5, 5.41) is 0. The molecular formula is C15H25NO3. The fourth-order valence-electron chi connectivity index (χ4n) is 2.11. The molecule has 0 aliphatic heterocycles. The lowest BCUT2D eigenvalue weighted by Crippen LogP contribution is -2.12. The molecule has 0 unspecified atom stereocenters. The van der Waals surface area contributed by atoms with Crippen LogP contribution in [0.3, 0.4) is 0 Å². The highest BCUT2D eigenvalue weighted by atomic mass is 16.5. The van der Waals surface area contributed by atoms with Crippen LogP contribution in [0.1, 0.15) is 44.2 Å². The first-order valence-corrected chi connectivity index (χ1v) is 6.73. The van der Waals surface area contributed by atoms with Crippen LogP contribution in [0.15, 0.2) is 12.1 Å². The molecule has 0 spiro atoms. The number of ether oxygens (including phenoxy) is 3. The summed E-state index contributed by atoms with van der Waals surface area (Å²) in [6.45, 7) is 2.18. The van der Waals surface area contributed by atoms with Gasteiger partial charge in [-0.2, -0.15) is 0 Å². The minimum atomic E-state index is -0.0405.